The SMILES string of the molecule is COC(=O)c1ccccc1N1C(C)CCNCC1C. The van der Waals surface area contributed by atoms with Crippen molar-refractivity contribution in [1.82, 2.24) is 5.32 Å². The van der Waals surface area contributed by atoms with E-state index in [0.717, 1.165) is 25.2 Å². The van der Waals surface area contributed by atoms with Gasteiger partial charge in [-0.1, -0.05) is 12.1 Å². The van der Waals surface area contributed by atoms with Crippen molar-refractivity contribution in [3.05, 3.63) is 29.8 Å². The van der Waals surface area contributed by atoms with Crippen LogP contribution in [0.25, 0.3) is 0 Å². The lowest BCUT2D eigenvalue weighted by atomic mass is 10.1. The van der Waals surface area contributed by atoms with E-state index in [-0.39, 0.29) is 5.97 Å². The zero-order chi connectivity index (χ0) is 13.8. The number of benzene rings is 1. The molecule has 1 N–H and O–H groups in total. The fourth-order valence-corrected chi connectivity index (χ4v) is 2.75. The summed E-state index contributed by atoms with van der Waals surface area (Å²) in [4.78, 5) is 14.2. The minimum atomic E-state index is -0.271. The molecular weight excluding hydrogens is 240 g/mol. The van der Waals surface area contributed by atoms with Crippen molar-refractivity contribution in [2.75, 3.05) is 25.1 Å². The molecule has 0 spiro atoms. The van der Waals surface area contributed by atoms with E-state index in [2.05, 4.69) is 24.1 Å². The third-order valence-electron chi connectivity index (χ3n) is 3.72. The number of hydrogen-bond donors (Lipinski definition) is 1. The molecule has 1 fully saturated rings. The van der Waals surface area contributed by atoms with Gasteiger partial charge in [-0.15, -0.1) is 0 Å². The molecule has 0 bridgehead atoms. The van der Waals surface area contributed by atoms with Crippen molar-refractivity contribution in [3.8, 4) is 0 Å². The number of ether oxygens (including phenoxy) is 1. The van der Waals surface area contributed by atoms with Crippen LogP contribution in [-0.4, -0.2) is 38.3 Å². The molecule has 0 amide bonds. The lowest BCUT2D eigenvalue weighted by molar-refractivity contribution is 0.0601. The van der Waals surface area contributed by atoms with Crippen LogP contribution in [0.1, 0.15) is 30.6 Å². The fraction of sp³-hybridized carbons (Fsp3) is 0.533. The van der Waals surface area contributed by atoms with Gasteiger partial charge in [0.25, 0.3) is 0 Å². The second-order valence-electron chi connectivity index (χ2n) is 5.11. The number of methoxy groups -OCH3 is 1. The molecule has 104 valence electrons. The number of nitrogens with zero attached hydrogens (tertiary/aromatic N) is 1. The Hall–Kier alpha value is -1.55. The number of esters is 1. The van der Waals surface area contributed by atoms with Gasteiger partial charge in [0.2, 0.25) is 0 Å². The molecule has 1 heterocycles. The first-order chi connectivity index (χ1) is 9.15. The molecule has 4 nitrogen and oxygen atoms in total. The summed E-state index contributed by atoms with van der Waals surface area (Å²) in [6, 6.07) is 8.43. The molecule has 2 rings (SSSR count). The Balaban J connectivity index is 2.41. The van der Waals surface area contributed by atoms with E-state index >= 15 is 0 Å². The second kappa shape index (κ2) is 6.06. The van der Waals surface area contributed by atoms with Crippen LogP contribution in [0.5, 0.6) is 0 Å². The average Bonchev–Trinajstić information content (AvgIpc) is 2.59. The number of rotatable bonds is 2. The van der Waals surface area contributed by atoms with Crippen LogP contribution in [0, 0.1) is 0 Å². The molecule has 2 atom stereocenters. The summed E-state index contributed by atoms with van der Waals surface area (Å²) < 4.78 is 4.89. The van der Waals surface area contributed by atoms with Crippen LogP contribution < -0.4 is 10.2 Å². The molecule has 0 aromatic heterocycles. The molecule has 1 aliphatic heterocycles. The van der Waals surface area contributed by atoms with Gasteiger partial charge in [-0.2, -0.15) is 0 Å². The van der Waals surface area contributed by atoms with Gasteiger partial charge in [0.15, 0.2) is 0 Å². The Labute approximate surface area is 114 Å². The van der Waals surface area contributed by atoms with Crippen LogP contribution in [-0.2, 0) is 4.74 Å². The molecule has 1 aromatic carbocycles. The first-order valence-corrected chi connectivity index (χ1v) is 6.81. The van der Waals surface area contributed by atoms with Crippen LogP contribution in [0.2, 0.25) is 0 Å². The smallest absolute Gasteiger partial charge is 0.339 e. The topological polar surface area (TPSA) is 41.6 Å². The van der Waals surface area contributed by atoms with E-state index in [4.69, 9.17) is 4.74 Å². The Morgan fingerprint density at radius 1 is 1.32 bits per heavy atom. The van der Waals surface area contributed by atoms with Gasteiger partial charge in [-0.05, 0) is 38.9 Å². The third kappa shape index (κ3) is 2.89. The molecule has 4 heteroatoms. The zero-order valence-corrected chi connectivity index (χ0v) is 11.8. The van der Waals surface area contributed by atoms with E-state index in [1.807, 2.05) is 24.3 Å². The van der Waals surface area contributed by atoms with Crippen LogP contribution in [0.15, 0.2) is 24.3 Å². The number of carbonyl (C=O) groups is 1. The van der Waals surface area contributed by atoms with E-state index < -0.39 is 0 Å². The van der Waals surface area contributed by atoms with Gasteiger partial charge in [0.1, 0.15) is 0 Å². The number of anilines is 1. The van der Waals surface area contributed by atoms with Gasteiger partial charge < -0.3 is 15.0 Å². The first-order valence-electron chi connectivity index (χ1n) is 6.81. The van der Waals surface area contributed by atoms with Crippen LogP contribution in [0.3, 0.4) is 0 Å². The second-order valence-corrected chi connectivity index (χ2v) is 5.11. The van der Waals surface area contributed by atoms with Gasteiger partial charge >= 0.3 is 5.97 Å². The molecule has 1 saturated heterocycles. The minimum absolute atomic E-state index is 0.271. The van der Waals surface area contributed by atoms with Gasteiger partial charge in [0.05, 0.1) is 18.4 Å². The highest BCUT2D eigenvalue weighted by Gasteiger charge is 2.26. The van der Waals surface area contributed by atoms with Crippen molar-refractivity contribution >= 4 is 11.7 Å². The monoisotopic (exact) mass is 262 g/mol. The Morgan fingerprint density at radius 2 is 2.05 bits per heavy atom. The maximum absolute atomic E-state index is 11.9. The molecule has 0 saturated carbocycles. The quantitative estimate of drug-likeness (QED) is 0.828. The average molecular weight is 262 g/mol. The fourth-order valence-electron chi connectivity index (χ4n) is 2.75. The Bertz CT molecular complexity index is 436. The number of carbonyl (C=O) groups excluding carboxylic acids is 1. The van der Waals surface area contributed by atoms with Crippen molar-refractivity contribution in [1.29, 1.82) is 0 Å². The van der Waals surface area contributed by atoms with Crippen molar-refractivity contribution in [3.63, 3.8) is 0 Å². The van der Waals surface area contributed by atoms with Gasteiger partial charge in [-0.3, -0.25) is 0 Å². The summed E-state index contributed by atoms with van der Waals surface area (Å²) in [5, 5.41) is 3.43. The highest BCUT2D eigenvalue weighted by molar-refractivity contribution is 5.96. The summed E-state index contributed by atoms with van der Waals surface area (Å²) in [6.07, 6.45) is 1.07. The maximum Gasteiger partial charge on any atom is 0.339 e. The number of para-hydroxylation sites is 1. The molecule has 19 heavy (non-hydrogen) atoms. The standard InChI is InChI=1S/C15H22N2O2/c1-11-8-9-16-10-12(2)17(11)14-7-5-4-6-13(14)15(18)19-3/h4-7,11-12,16H,8-10H2,1-3H3. The largest absolute Gasteiger partial charge is 0.465 e. The highest BCUT2D eigenvalue weighted by atomic mass is 16.5. The molecule has 1 aromatic rings. The maximum atomic E-state index is 11.9. The van der Waals surface area contributed by atoms with E-state index in [9.17, 15) is 4.79 Å². The summed E-state index contributed by atoms with van der Waals surface area (Å²) in [5.41, 5.74) is 1.61. The van der Waals surface area contributed by atoms with E-state index in [0.29, 0.717) is 17.6 Å². The van der Waals surface area contributed by atoms with Crippen molar-refractivity contribution < 1.29 is 9.53 Å². The predicted molar refractivity (Wildman–Crippen MR) is 76.7 cm³/mol. The Kier molecular flexibility index (Phi) is 4.43. The summed E-state index contributed by atoms with van der Waals surface area (Å²) in [6.45, 7) is 6.34. The minimum Gasteiger partial charge on any atom is -0.465 e. The van der Waals surface area contributed by atoms with E-state index in [1.165, 1.54) is 7.11 Å². The van der Waals surface area contributed by atoms with Crippen molar-refractivity contribution in [2.24, 2.45) is 0 Å². The van der Waals surface area contributed by atoms with Crippen molar-refractivity contribution in [2.45, 2.75) is 32.4 Å². The number of nitrogens with one attached hydrogen (secondary N) is 1. The van der Waals surface area contributed by atoms with Gasteiger partial charge in [-0.25, -0.2) is 4.79 Å². The molecule has 0 aliphatic carbocycles. The molecule has 0 radical (unpaired) electrons. The molecular formula is C15H22N2O2. The van der Waals surface area contributed by atoms with Crippen LogP contribution >= 0.6 is 0 Å². The summed E-state index contributed by atoms with van der Waals surface area (Å²) in [7, 11) is 1.43. The highest BCUT2D eigenvalue weighted by Crippen LogP contribution is 2.27. The number of hydrogen-bond acceptors (Lipinski definition) is 4. The zero-order valence-electron chi connectivity index (χ0n) is 11.8. The van der Waals surface area contributed by atoms with Crippen LogP contribution in [0.4, 0.5) is 5.69 Å². The lowest BCUT2D eigenvalue weighted by Gasteiger charge is -2.35. The summed E-state index contributed by atoms with van der Waals surface area (Å²) >= 11 is 0. The summed E-state index contributed by atoms with van der Waals surface area (Å²) in [5.74, 6) is -0.271. The van der Waals surface area contributed by atoms with Gasteiger partial charge in [0, 0.05) is 18.6 Å². The molecule has 1 aliphatic rings. The lowest BCUT2D eigenvalue weighted by Crippen LogP contribution is -2.42. The Morgan fingerprint density at radius 3 is 2.79 bits per heavy atom. The molecule has 2 unspecified atom stereocenters. The normalized spacial score (nSPS) is 23.8. The predicted octanol–water partition coefficient (Wildman–Crippen LogP) is 2.05. The first kappa shape index (κ1) is 13.9. The van der Waals surface area contributed by atoms with E-state index in [1.54, 1.807) is 0 Å². The third-order valence-corrected chi connectivity index (χ3v) is 3.72.